The molecule has 1 aromatic carbocycles. The van der Waals surface area contributed by atoms with Crippen molar-refractivity contribution in [2.24, 2.45) is 0 Å². The van der Waals surface area contributed by atoms with Crippen LogP contribution >= 0.6 is 0 Å². The summed E-state index contributed by atoms with van der Waals surface area (Å²) < 4.78 is 5.23. The highest BCUT2D eigenvalue weighted by molar-refractivity contribution is 5.39. The molecule has 1 aromatic rings. The van der Waals surface area contributed by atoms with Crippen LogP contribution in [0.1, 0.15) is 32.8 Å². The predicted octanol–water partition coefficient (Wildman–Crippen LogP) is 2.95. The Hall–Kier alpha value is -1.26. The first-order chi connectivity index (χ1) is 10.1. The predicted molar refractivity (Wildman–Crippen MR) is 88.0 cm³/mol. The normalized spacial score (nSPS) is 11.3. The van der Waals surface area contributed by atoms with Crippen LogP contribution in [0, 0.1) is 0 Å². The van der Waals surface area contributed by atoms with Gasteiger partial charge in [-0.3, -0.25) is 4.90 Å². The number of nitrogens with zero attached hydrogens (tertiary/aromatic N) is 2. The molecule has 4 heteroatoms. The standard InChI is InChI=1S/C17H30N2O2/c1-5-18(6-2)11-8-12-19(7-3)14-15-13-16(21-4)9-10-17(15)20/h9-10,13,20H,5-8,11-12,14H2,1-4H3. The van der Waals surface area contributed by atoms with E-state index in [-0.39, 0.29) is 0 Å². The van der Waals surface area contributed by atoms with Crippen LogP contribution in [0.25, 0.3) is 0 Å². The van der Waals surface area contributed by atoms with E-state index >= 15 is 0 Å². The summed E-state index contributed by atoms with van der Waals surface area (Å²) in [6, 6.07) is 5.41. The van der Waals surface area contributed by atoms with Gasteiger partial charge in [-0.2, -0.15) is 0 Å². The molecule has 1 rings (SSSR count). The van der Waals surface area contributed by atoms with Gasteiger partial charge >= 0.3 is 0 Å². The molecule has 0 fully saturated rings. The Balaban J connectivity index is 2.53. The number of rotatable bonds is 10. The molecule has 4 nitrogen and oxygen atoms in total. The molecule has 0 aromatic heterocycles. The van der Waals surface area contributed by atoms with E-state index in [0.717, 1.165) is 57.0 Å². The molecule has 120 valence electrons. The molecule has 0 radical (unpaired) electrons. The smallest absolute Gasteiger partial charge is 0.120 e. The minimum absolute atomic E-state index is 0.345. The average Bonchev–Trinajstić information content (AvgIpc) is 2.52. The molecule has 1 N–H and O–H groups in total. The van der Waals surface area contributed by atoms with Crippen LogP contribution in [0.4, 0.5) is 0 Å². The summed E-state index contributed by atoms with van der Waals surface area (Å²) in [4.78, 5) is 4.80. The topological polar surface area (TPSA) is 35.9 Å². The van der Waals surface area contributed by atoms with Crippen LogP contribution in [0.2, 0.25) is 0 Å². The van der Waals surface area contributed by atoms with Gasteiger partial charge in [-0.15, -0.1) is 0 Å². The van der Waals surface area contributed by atoms with Gasteiger partial charge in [0.2, 0.25) is 0 Å². The Bertz CT molecular complexity index is 406. The molecule has 21 heavy (non-hydrogen) atoms. The van der Waals surface area contributed by atoms with Crippen LogP contribution in [0.3, 0.4) is 0 Å². The van der Waals surface area contributed by atoms with Crippen molar-refractivity contribution in [1.82, 2.24) is 9.80 Å². The number of ether oxygens (including phenoxy) is 1. The van der Waals surface area contributed by atoms with E-state index in [1.807, 2.05) is 6.07 Å². The van der Waals surface area contributed by atoms with Gasteiger partial charge in [-0.05, 0) is 57.3 Å². The Morgan fingerprint density at radius 1 is 1.00 bits per heavy atom. The minimum atomic E-state index is 0.345. The van der Waals surface area contributed by atoms with Crippen molar-refractivity contribution in [3.63, 3.8) is 0 Å². The average molecular weight is 294 g/mol. The molecule has 0 aliphatic heterocycles. The summed E-state index contributed by atoms with van der Waals surface area (Å²) in [7, 11) is 1.65. The second kappa shape index (κ2) is 9.64. The van der Waals surface area contributed by atoms with Crippen molar-refractivity contribution in [2.45, 2.75) is 33.7 Å². The maximum atomic E-state index is 9.97. The molecule has 0 spiro atoms. The SMILES string of the molecule is CCN(CC)CCCN(CC)Cc1cc(OC)ccc1O. The molecular weight excluding hydrogens is 264 g/mol. The Morgan fingerprint density at radius 2 is 1.62 bits per heavy atom. The van der Waals surface area contributed by atoms with Gasteiger partial charge < -0.3 is 14.7 Å². The van der Waals surface area contributed by atoms with Gasteiger partial charge in [0.25, 0.3) is 0 Å². The van der Waals surface area contributed by atoms with E-state index in [1.54, 1.807) is 19.2 Å². The lowest BCUT2D eigenvalue weighted by atomic mass is 10.1. The zero-order chi connectivity index (χ0) is 15.7. The summed E-state index contributed by atoms with van der Waals surface area (Å²) in [5.41, 5.74) is 0.930. The van der Waals surface area contributed by atoms with E-state index in [2.05, 4.69) is 30.6 Å². The number of hydrogen-bond acceptors (Lipinski definition) is 4. The van der Waals surface area contributed by atoms with Gasteiger partial charge in [0.05, 0.1) is 7.11 Å². The van der Waals surface area contributed by atoms with Crippen LogP contribution in [0.5, 0.6) is 11.5 Å². The highest BCUT2D eigenvalue weighted by Crippen LogP contribution is 2.24. The Morgan fingerprint density at radius 3 is 2.19 bits per heavy atom. The molecule has 0 heterocycles. The quantitative estimate of drug-likeness (QED) is 0.720. The first-order valence-corrected chi connectivity index (χ1v) is 7.95. The fourth-order valence-electron chi connectivity index (χ4n) is 2.46. The number of phenolic OH excluding ortho intramolecular Hbond substituents is 1. The fourth-order valence-corrected chi connectivity index (χ4v) is 2.46. The lowest BCUT2D eigenvalue weighted by molar-refractivity contribution is 0.236. The zero-order valence-corrected chi connectivity index (χ0v) is 13.9. The largest absolute Gasteiger partial charge is 0.508 e. The Kier molecular flexibility index (Phi) is 8.16. The van der Waals surface area contributed by atoms with Gasteiger partial charge in [-0.1, -0.05) is 20.8 Å². The maximum absolute atomic E-state index is 9.97. The molecule has 0 saturated carbocycles. The summed E-state index contributed by atoms with van der Waals surface area (Å²) in [5.74, 6) is 1.14. The third kappa shape index (κ3) is 5.94. The number of methoxy groups -OCH3 is 1. The van der Waals surface area contributed by atoms with Gasteiger partial charge in [0.1, 0.15) is 11.5 Å². The van der Waals surface area contributed by atoms with Crippen molar-refractivity contribution in [3.8, 4) is 11.5 Å². The molecule has 0 amide bonds. The van der Waals surface area contributed by atoms with E-state index in [0.29, 0.717) is 5.75 Å². The van der Waals surface area contributed by atoms with Crippen molar-refractivity contribution in [2.75, 3.05) is 39.8 Å². The highest BCUT2D eigenvalue weighted by Gasteiger charge is 2.09. The summed E-state index contributed by atoms with van der Waals surface area (Å²) in [6.07, 6.45) is 1.15. The van der Waals surface area contributed by atoms with E-state index in [4.69, 9.17) is 4.74 Å². The van der Waals surface area contributed by atoms with E-state index in [1.165, 1.54) is 0 Å². The highest BCUT2D eigenvalue weighted by atomic mass is 16.5. The second-order valence-electron chi connectivity index (χ2n) is 5.24. The third-order valence-electron chi connectivity index (χ3n) is 3.97. The van der Waals surface area contributed by atoms with Crippen molar-refractivity contribution in [3.05, 3.63) is 23.8 Å². The van der Waals surface area contributed by atoms with Crippen molar-refractivity contribution < 1.29 is 9.84 Å². The lowest BCUT2D eigenvalue weighted by Gasteiger charge is -2.24. The van der Waals surface area contributed by atoms with Gasteiger partial charge in [-0.25, -0.2) is 0 Å². The molecule has 0 aliphatic carbocycles. The molecule has 0 atom stereocenters. The zero-order valence-electron chi connectivity index (χ0n) is 13.9. The van der Waals surface area contributed by atoms with E-state index in [9.17, 15) is 5.11 Å². The van der Waals surface area contributed by atoms with E-state index < -0.39 is 0 Å². The number of phenols is 1. The van der Waals surface area contributed by atoms with Crippen molar-refractivity contribution >= 4 is 0 Å². The maximum Gasteiger partial charge on any atom is 0.120 e. The number of aromatic hydroxyl groups is 1. The monoisotopic (exact) mass is 294 g/mol. The Labute approximate surface area is 129 Å². The fraction of sp³-hybridized carbons (Fsp3) is 0.647. The molecule has 0 saturated heterocycles. The third-order valence-corrected chi connectivity index (χ3v) is 3.97. The first-order valence-electron chi connectivity index (χ1n) is 7.95. The molecule has 0 unspecified atom stereocenters. The second-order valence-corrected chi connectivity index (χ2v) is 5.24. The van der Waals surface area contributed by atoms with Gasteiger partial charge in [0.15, 0.2) is 0 Å². The summed E-state index contributed by atoms with van der Waals surface area (Å²) in [6.45, 7) is 12.7. The molecule has 0 bridgehead atoms. The number of hydrogen-bond donors (Lipinski definition) is 1. The summed E-state index contributed by atoms with van der Waals surface area (Å²) >= 11 is 0. The minimum Gasteiger partial charge on any atom is -0.508 e. The molecular formula is C17H30N2O2. The first kappa shape index (κ1) is 17.8. The van der Waals surface area contributed by atoms with Crippen molar-refractivity contribution in [1.29, 1.82) is 0 Å². The lowest BCUT2D eigenvalue weighted by Crippen LogP contribution is -2.29. The van der Waals surface area contributed by atoms with Gasteiger partial charge in [0, 0.05) is 12.1 Å². The molecule has 0 aliphatic rings. The van der Waals surface area contributed by atoms with Crippen LogP contribution in [0.15, 0.2) is 18.2 Å². The number of benzene rings is 1. The van der Waals surface area contributed by atoms with Crippen LogP contribution in [-0.4, -0.2) is 54.7 Å². The summed E-state index contributed by atoms with van der Waals surface area (Å²) in [5, 5.41) is 9.97. The van der Waals surface area contributed by atoms with Crippen LogP contribution < -0.4 is 4.74 Å². The van der Waals surface area contributed by atoms with Crippen LogP contribution in [-0.2, 0) is 6.54 Å².